The van der Waals surface area contributed by atoms with E-state index in [1.165, 1.54) is 12.8 Å². The molecule has 0 amide bonds. The molecule has 1 N–H and O–H groups in total. The lowest BCUT2D eigenvalue weighted by Gasteiger charge is -2.05. The molecule has 4 nitrogen and oxygen atoms in total. The summed E-state index contributed by atoms with van der Waals surface area (Å²) >= 11 is 0. The number of imidazole rings is 1. The molecule has 2 aromatic rings. The normalized spacial score (nSPS) is 16.4. The molecule has 0 unspecified atom stereocenters. The molecule has 1 fully saturated rings. The van der Waals surface area contributed by atoms with Crippen LogP contribution in [0.1, 0.15) is 30.0 Å². The smallest absolute Gasteiger partial charge is 0.153 e. The van der Waals surface area contributed by atoms with E-state index in [0.29, 0.717) is 5.92 Å². The second kappa shape index (κ2) is 2.78. The first-order valence-electron chi connectivity index (χ1n) is 4.82. The van der Waals surface area contributed by atoms with Crippen molar-refractivity contribution in [3.63, 3.8) is 0 Å². The number of rotatable bonds is 2. The molecule has 1 saturated carbocycles. The number of aliphatic hydroxyl groups is 1. The van der Waals surface area contributed by atoms with Crippen LogP contribution in [0.25, 0.3) is 5.65 Å². The summed E-state index contributed by atoms with van der Waals surface area (Å²) in [6, 6.07) is 1.92. The molecular weight excluding hydrogens is 178 g/mol. The van der Waals surface area contributed by atoms with Crippen molar-refractivity contribution in [1.82, 2.24) is 14.6 Å². The molecule has 14 heavy (non-hydrogen) atoms. The van der Waals surface area contributed by atoms with E-state index in [-0.39, 0.29) is 6.61 Å². The minimum Gasteiger partial charge on any atom is -0.392 e. The van der Waals surface area contributed by atoms with Gasteiger partial charge < -0.3 is 5.11 Å². The van der Waals surface area contributed by atoms with Crippen LogP contribution < -0.4 is 0 Å². The van der Waals surface area contributed by atoms with Crippen LogP contribution in [0.15, 0.2) is 18.5 Å². The lowest BCUT2D eigenvalue weighted by molar-refractivity contribution is 0.279. The third-order valence-electron chi connectivity index (χ3n) is 2.63. The van der Waals surface area contributed by atoms with Gasteiger partial charge in [0.05, 0.1) is 12.3 Å². The van der Waals surface area contributed by atoms with Crippen LogP contribution in [0.3, 0.4) is 0 Å². The lowest BCUT2D eigenvalue weighted by atomic mass is 10.1. The fourth-order valence-corrected chi connectivity index (χ4v) is 1.73. The highest BCUT2D eigenvalue weighted by molar-refractivity contribution is 5.42. The van der Waals surface area contributed by atoms with E-state index in [9.17, 15) is 5.11 Å². The Labute approximate surface area is 81.2 Å². The van der Waals surface area contributed by atoms with Gasteiger partial charge in [-0.2, -0.15) is 5.10 Å². The van der Waals surface area contributed by atoms with Crippen molar-refractivity contribution in [2.75, 3.05) is 0 Å². The van der Waals surface area contributed by atoms with Crippen LogP contribution in [0.4, 0.5) is 0 Å². The maximum absolute atomic E-state index is 9.22. The van der Waals surface area contributed by atoms with Crippen LogP contribution in [0.2, 0.25) is 0 Å². The molecule has 3 rings (SSSR count). The molecule has 0 radical (unpaired) electrons. The minimum absolute atomic E-state index is 0.0577. The molecule has 72 valence electrons. The van der Waals surface area contributed by atoms with Gasteiger partial charge in [0, 0.05) is 23.9 Å². The van der Waals surface area contributed by atoms with Gasteiger partial charge >= 0.3 is 0 Å². The third kappa shape index (κ3) is 1.11. The van der Waals surface area contributed by atoms with Gasteiger partial charge in [0.1, 0.15) is 0 Å². The molecule has 0 atom stereocenters. The number of aliphatic hydroxyl groups excluding tert-OH is 1. The summed E-state index contributed by atoms with van der Waals surface area (Å²) < 4.78 is 1.77. The highest BCUT2D eigenvalue weighted by Gasteiger charge is 2.28. The van der Waals surface area contributed by atoms with E-state index >= 15 is 0 Å². The Kier molecular flexibility index (Phi) is 1.58. The van der Waals surface area contributed by atoms with Gasteiger partial charge in [0.25, 0.3) is 0 Å². The highest BCUT2D eigenvalue weighted by atomic mass is 16.3. The zero-order valence-corrected chi connectivity index (χ0v) is 7.72. The standard InChI is InChI=1S/C10H11N3O/c14-6-8-5-9-11-3-4-13(9)12-10(8)7-1-2-7/h3-5,7,14H,1-2,6H2. The maximum atomic E-state index is 9.22. The second-order valence-electron chi connectivity index (χ2n) is 3.72. The van der Waals surface area contributed by atoms with Gasteiger partial charge in [-0.1, -0.05) is 0 Å². The molecule has 1 aliphatic carbocycles. The molecular formula is C10H11N3O. The van der Waals surface area contributed by atoms with E-state index in [1.807, 2.05) is 12.3 Å². The van der Waals surface area contributed by atoms with Gasteiger partial charge in [0.15, 0.2) is 5.65 Å². The summed E-state index contributed by atoms with van der Waals surface area (Å²) in [5.41, 5.74) is 2.77. The number of nitrogens with zero attached hydrogens (tertiary/aromatic N) is 3. The summed E-state index contributed by atoms with van der Waals surface area (Å²) in [4.78, 5) is 4.14. The summed E-state index contributed by atoms with van der Waals surface area (Å²) in [5.74, 6) is 0.559. The van der Waals surface area contributed by atoms with E-state index < -0.39 is 0 Å². The number of fused-ring (bicyclic) bond motifs is 1. The molecule has 4 heteroatoms. The quantitative estimate of drug-likeness (QED) is 0.769. The van der Waals surface area contributed by atoms with Crippen molar-refractivity contribution in [2.45, 2.75) is 25.4 Å². The molecule has 0 saturated heterocycles. The van der Waals surface area contributed by atoms with Gasteiger partial charge in [-0.05, 0) is 18.9 Å². The Hall–Kier alpha value is -1.42. The predicted octanol–water partition coefficient (Wildman–Crippen LogP) is 1.10. The topological polar surface area (TPSA) is 50.4 Å². The number of hydrogen-bond acceptors (Lipinski definition) is 3. The minimum atomic E-state index is 0.0577. The second-order valence-corrected chi connectivity index (χ2v) is 3.72. The third-order valence-corrected chi connectivity index (χ3v) is 2.63. The molecule has 0 bridgehead atoms. The summed E-state index contributed by atoms with van der Waals surface area (Å²) in [6.45, 7) is 0.0577. The maximum Gasteiger partial charge on any atom is 0.153 e. The van der Waals surface area contributed by atoms with Gasteiger partial charge in [-0.15, -0.1) is 0 Å². The van der Waals surface area contributed by atoms with Crippen molar-refractivity contribution in [3.05, 3.63) is 29.7 Å². The molecule has 0 aliphatic heterocycles. The average Bonchev–Trinajstić information content (AvgIpc) is 2.95. The summed E-state index contributed by atoms with van der Waals surface area (Å²) in [7, 11) is 0. The fourth-order valence-electron chi connectivity index (χ4n) is 1.73. The van der Waals surface area contributed by atoms with Crippen LogP contribution in [-0.4, -0.2) is 19.7 Å². The first kappa shape index (κ1) is 7.94. The fraction of sp³-hybridized carbons (Fsp3) is 0.400. The Balaban J connectivity index is 2.23. The molecule has 1 aliphatic rings. The summed E-state index contributed by atoms with van der Waals surface area (Å²) in [6.07, 6.45) is 5.95. The number of aromatic nitrogens is 3. The van der Waals surface area contributed by atoms with Crippen LogP contribution >= 0.6 is 0 Å². The predicted molar refractivity (Wildman–Crippen MR) is 50.9 cm³/mol. The van der Waals surface area contributed by atoms with E-state index in [4.69, 9.17) is 0 Å². The van der Waals surface area contributed by atoms with E-state index in [1.54, 1.807) is 10.7 Å². The van der Waals surface area contributed by atoms with E-state index in [0.717, 1.165) is 16.9 Å². The van der Waals surface area contributed by atoms with Gasteiger partial charge in [0.2, 0.25) is 0 Å². The Morgan fingerprint density at radius 3 is 3.07 bits per heavy atom. The van der Waals surface area contributed by atoms with Crippen molar-refractivity contribution in [2.24, 2.45) is 0 Å². The SMILES string of the molecule is OCc1cc2nccn2nc1C1CC1. The Morgan fingerprint density at radius 1 is 1.50 bits per heavy atom. The molecule has 0 spiro atoms. The van der Waals surface area contributed by atoms with Crippen molar-refractivity contribution < 1.29 is 5.11 Å². The monoisotopic (exact) mass is 189 g/mol. The molecule has 2 heterocycles. The van der Waals surface area contributed by atoms with E-state index in [2.05, 4.69) is 10.1 Å². The largest absolute Gasteiger partial charge is 0.392 e. The lowest BCUT2D eigenvalue weighted by Crippen LogP contribution is -2.02. The van der Waals surface area contributed by atoms with Crippen LogP contribution in [-0.2, 0) is 6.61 Å². The van der Waals surface area contributed by atoms with Crippen molar-refractivity contribution in [1.29, 1.82) is 0 Å². The first-order valence-corrected chi connectivity index (χ1v) is 4.82. The van der Waals surface area contributed by atoms with Crippen LogP contribution in [0.5, 0.6) is 0 Å². The zero-order valence-electron chi connectivity index (χ0n) is 7.72. The first-order chi connectivity index (χ1) is 6.88. The number of hydrogen-bond donors (Lipinski definition) is 1. The zero-order chi connectivity index (χ0) is 9.54. The Bertz CT molecular complexity index is 473. The van der Waals surface area contributed by atoms with Crippen molar-refractivity contribution in [3.8, 4) is 0 Å². The molecule has 2 aromatic heterocycles. The Morgan fingerprint density at radius 2 is 2.36 bits per heavy atom. The average molecular weight is 189 g/mol. The summed E-state index contributed by atoms with van der Waals surface area (Å²) in [5, 5.41) is 13.7. The molecule has 0 aromatic carbocycles. The van der Waals surface area contributed by atoms with Crippen LogP contribution in [0, 0.1) is 0 Å². The van der Waals surface area contributed by atoms with Gasteiger partial charge in [-0.25, -0.2) is 9.50 Å². The van der Waals surface area contributed by atoms with Gasteiger partial charge in [-0.3, -0.25) is 0 Å². The highest BCUT2D eigenvalue weighted by Crippen LogP contribution is 2.40. The van der Waals surface area contributed by atoms with Crippen molar-refractivity contribution >= 4 is 5.65 Å².